The van der Waals surface area contributed by atoms with Crippen LogP contribution in [0.25, 0.3) is 0 Å². The SMILES string of the molecule is CCCNC(c1cccc(Cl)c1)c1sccc1Br. The predicted molar refractivity (Wildman–Crippen MR) is 83.6 cm³/mol. The maximum atomic E-state index is 6.09. The Morgan fingerprint density at radius 3 is 2.83 bits per heavy atom. The van der Waals surface area contributed by atoms with Crippen molar-refractivity contribution in [1.82, 2.24) is 5.32 Å². The molecule has 1 N–H and O–H groups in total. The van der Waals surface area contributed by atoms with Crippen molar-refractivity contribution in [1.29, 1.82) is 0 Å². The van der Waals surface area contributed by atoms with Gasteiger partial charge in [0, 0.05) is 14.4 Å². The first-order valence-electron chi connectivity index (χ1n) is 5.94. The van der Waals surface area contributed by atoms with Gasteiger partial charge in [-0.1, -0.05) is 30.7 Å². The molecular formula is C14H15BrClNS. The molecule has 2 rings (SSSR count). The van der Waals surface area contributed by atoms with Gasteiger partial charge in [-0.05, 0) is 58.0 Å². The molecular weight excluding hydrogens is 330 g/mol. The number of hydrogen-bond acceptors (Lipinski definition) is 2. The van der Waals surface area contributed by atoms with Crippen LogP contribution >= 0.6 is 38.9 Å². The quantitative estimate of drug-likeness (QED) is 0.781. The summed E-state index contributed by atoms with van der Waals surface area (Å²) in [5.41, 5.74) is 1.21. The molecule has 0 saturated heterocycles. The van der Waals surface area contributed by atoms with Crippen molar-refractivity contribution in [3.8, 4) is 0 Å². The Morgan fingerprint density at radius 2 is 2.22 bits per heavy atom. The Bertz CT molecular complexity index is 512. The van der Waals surface area contributed by atoms with Crippen molar-refractivity contribution in [3.63, 3.8) is 0 Å². The first-order chi connectivity index (χ1) is 8.72. The van der Waals surface area contributed by atoms with E-state index >= 15 is 0 Å². The van der Waals surface area contributed by atoms with Gasteiger partial charge in [0.05, 0.1) is 6.04 Å². The molecule has 0 bridgehead atoms. The van der Waals surface area contributed by atoms with Crippen molar-refractivity contribution in [2.45, 2.75) is 19.4 Å². The third-order valence-corrected chi connectivity index (χ3v) is 4.86. The molecule has 0 aliphatic heterocycles. The molecule has 18 heavy (non-hydrogen) atoms. The van der Waals surface area contributed by atoms with Crippen molar-refractivity contribution in [3.05, 3.63) is 55.6 Å². The van der Waals surface area contributed by atoms with Gasteiger partial charge in [-0.3, -0.25) is 0 Å². The molecule has 4 heteroatoms. The molecule has 1 unspecified atom stereocenters. The summed E-state index contributed by atoms with van der Waals surface area (Å²) in [6, 6.07) is 10.3. The van der Waals surface area contributed by atoms with Gasteiger partial charge in [0.1, 0.15) is 0 Å². The van der Waals surface area contributed by atoms with E-state index in [0.717, 1.165) is 22.5 Å². The van der Waals surface area contributed by atoms with Crippen molar-refractivity contribution in [2.24, 2.45) is 0 Å². The summed E-state index contributed by atoms with van der Waals surface area (Å²) in [5.74, 6) is 0. The number of hydrogen-bond donors (Lipinski definition) is 1. The van der Waals surface area contributed by atoms with Gasteiger partial charge in [0.15, 0.2) is 0 Å². The third-order valence-electron chi connectivity index (χ3n) is 2.69. The fourth-order valence-corrected chi connectivity index (χ4v) is 3.75. The normalized spacial score (nSPS) is 12.6. The number of thiophene rings is 1. The molecule has 0 spiro atoms. The van der Waals surface area contributed by atoms with Crippen LogP contribution in [0, 0.1) is 0 Å². The van der Waals surface area contributed by atoms with E-state index in [1.165, 1.54) is 10.4 Å². The minimum absolute atomic E-state index is 0.207. The van der Waals surface area contributed by atoms with E-state index in [2.05, 4.69) is 45.7 Å². The van der Waals surface area contributed by atoms with Crippen molar-refractivity contribution in [2.75, 3.05) is 6.54 Å². The summed E-state index contributed by atoms with van der Waals surface area (Å²) in [6.45, 7) is 3.16. The van der Waals surface area contributed by atoms with E-state index in [1.54, 1.807) is 11.3 Å². The average molecular weight is 345 g/mol. The summed E-state index contributed by atoms with van der Waals surface area (Å²) in [4.78, 5) is 1.30. The van der Waals surface area contributed by atoms with Gasteiger partial charge in [-0.2, -0.15) is 0 Å². The lowest BCUT2D eigenvalue weighted by Gasteiger charge is -2.18. The average Bonchev–Trinajstić information content (AvgIpc) is 2.77. The highest BCUT2D eigenvalue weighted by molar-refractivity contribution is 9.10. The van der Waals surface area contributed by atoms with Crippen LogP contribution in [0.3, 0.4) is 0 Å². The van der Waals surface area contributed by atoms with Crippen LogP contribution in [0.1, 0.15) is 29.8 Å². The summed E-state index contributed by atoms with van der Waals surface area (Å²) in [6.07, 6.45) is 1.11. The van der Waals surface area contributed by atoms with Gasteiger partial charge in [0.2, 0.25) is 0 Å². The minimum atomic E-state index is 0.207. The number of rotatable bonds is 5. The predicted octanol–water partition coefficient (Wildman–Crippen LogP) is 5.25. The Hall–Kier alpha value is -0.350. The molecule has 0 fully saturated rings. The first-order valence-corrected chi connectivity index (χ1v) is 7.99. The topological polar surface area (TPSA) is 12.0 Å². The van der Waals surface area contributed by atoms with Gasteiger partial charge in [-0.15, -0.1) is 11.3 Å². The molecule has 0 saturated carbocycles. The highest BCUT2D eigenvalue weighted by Gasteiger charge is 2.17. The Kier molecular flexibility index (Phi) is 5.25. The fraction of sp³-hybridized carbons (Fsp3) is 0.286. The summed E-state index contributed by atoms with van der Waals surface area (Å²) in [5, 5.41) is 6.46. The van der Waals surface area contributed by atoms with Gasteiger partial charge in [-0.25, -0.2) is 0 Å². The monoisotopic (exact) mass is 343 g/mol. The molecule has 0 aliphatic carbocycles. The minimum Gasteiger partial charge on any atom is -0.306 e. The summed E-state index contributed by atoms with van der Waals surface area (Å²) in [7, 11) is 0. The van der Waals surface area contributed by atoms with Crippen LogP contribution in [0.15, 0.2) is 40.2 Å². The standard InChI is InChI=1S/C14H15BrClNS/c1-2-7-17-13(14-12(15)6-8-18-14)10-4-3-5-11(16)9-10/h3-6,8-9,13,17H,2,7H2,1H3. The number of nitrogens with one attached hydrogen (secondary N) is 1. The molecule has 1 heterocycles. The molecule has 0 aliphatic rings. The first kappa shape index (κ1) is 14.1. The van der Waals surface area contributed by atoms with Gasteiger partial charge >= 0.3 is 0 Å². The Morgan fingerprint density at radius 1 is 1.39 bits per heavy atom. The van der Waals surface area contributed by atoms with Crippen LogP contribution in [0.4, 0.5) is 0 Å². The van der Waals surface area contributed by atoms with Crippen LogP contribution < -0.4 is 5.32 Å². The van der Waals surface area contributed by atoms with Crippen molar-refractivity contribution < 1.29 is 0 Å². The zero-order valence-corrected chi connectivity index (χ0v) is 13.3. The summed E-state index contributed by atoms with van der Waals surface area (Å²) < 4.78 is 1.15. The maximum Gasteiger partial charge on any atom is 0.0683 e. The molecule has 1 aromatic heterocycles. The van der Waals surface area contributed by atoms with Crippen LogP contribution in [-0.4, -0.2) is 6.54 Å². The zero-order valence-electron chi connectivity index (χ0n) is 10.1. The second-order valence-corrected chi connectivity index (χ2v) is 6.31. The molecule has 96 valence electrons. The maximum absolute atomic E-state index is 6.09. The van der Waals surface area contributed by atoms with Crippen LogP contribution in [0.5, 0.6) is 0 Å². The largest absolute Gasteiger partial charge is 0.306 e. The van der Waals surface area contributed by atoms with Crippen LogP contribution in [-0.2, 0) is 0 Å². The van der Waals surface area contributed by atoms with E-state index in [-0.39, 0.29) is 6.04 Å². The highest BCUT2D eigenvalue weighted by atomic mass is 79.9. The van der Waals surface area contributed by atoms with Gasteiger partial charge in [0.25, 0.3) is 0 Å². The molecule has 1 atom stereocenters. The number of halogens is 2. The molecule has 2 aromatic rings. The molecule has 0 radical (unpaired) electrons. The van der Waals surface area contributed by atoms with E-state index in [4.69, 9.17) is 11.6 Å². The Labute approximate surface area is 125 Å². The molecule has 1 nitrogen and oxygen atoms in total. The fourth-order valence-electron chi connectivity index (χ4n) is 1.85. The lowest BCUT2D eigenvalue weighted by Crippen LogP contribution is -2.22. The van der Waals surface area contributed by atoms with E-state index < -0.39 is 0 Å². The lowest BCUT2D eigenvalue weighted by atomic mass is 10.1. The van der Waals surface area contributed by atoms with E-state index in [0.29, 0.717) is 0 Å². The molecule has 0 amide bonds. The second-order valence-electron chi connectivity index (χ2n) is 4.07. The smallest absolute Gasteiger partial charge is 0.0683 e. The van der Waals surface area contributed by atoms with Crippen LogP contribution in [0.2, 0.25) is 5.02 Å². The van der Waals surface area contributed by atoms with Crippen molar-refractivity contribution >= 4 is 38.9 Å². The van der Waals surface area contributed by atoms with E-state index in [9.17, 15) is 0 Å². The highest BCUT2D eigenvalue weighted by Crippen LogP contribution is 2.33. The lowest BCUT2D eigenvalue weighted by molar-refractivity contribution is 0.604. The Balaban J connectivity index is 2.33. The molecule has 1 aromatic carbocycles. The van der Waals surface area contributed by atoms with E-state index in [1.807, 2.05) is 18.2 Å². The zero-order chi connectivity index (χ0) is 13.0. The van der Waals surface area contributed by atoms with Gasteiger partial charge < -0.3 is 5.32 Å². The second kappa shape index (κ2) is 6.71. The number of benzene rings is 1. The third kappa shape index (κ3) is 3.35. The summed E-state index contributed by atoms with van der Waals surface area (Å²) >= 11 is 11.5.